The van der Waals surface area contributed by atoms with Gasteiger partial charge in [-0.15, -0.1) is 0 Å². The van der Waals surface area contributed by atoms with Gasteiger partial charge >= 0.3 is 151 Å². The third kappa shape index (κ3) is 5.29. The molecular formula is C12H15BiF2O5P3. The van der Waals surface area contributed by atoms with Crippen LogP contribution in [0.5, 0.6) is 0 Å². The molecule has 0 spiro atoms. The summed E-state index contributed by atoms with van der Waals surface area (Å²) in [6, 6.07) is 9.02. The first-order valence-corrected chi connectivity index (χ1v) is 13.1. The van der Waals surface area contributed by atoms with Crippen LogP contribution in [0.2, 0.25) is 0 Å². The molecule has 1 radical (unpaired) electrons. The first-order chi connectivity index (χ1) is 11.0. The average molecular weight is 579 g/mol. The molecule has 1 aliphatic heterocycles. The Morgan fingerprint density at radius 2 is 2.09 bits per heavy atom. The molecule has 23 heavy (non-hydrogen) atoms. The van der Waals surface area contributed by atoms with E-state index in [1.807, 2.05) is 15.5 Å². The SMILES string of the molecule is O=[C](OC1[C@@H](COP)O[C@@H](OPP)C1(F)F)[Bi][c]1ccccc1. The topological polar surface area (TPSA) is 54.0 Å². The Balaban J connectivity index is 2.06. The second kappa shape index (κ2) is 9.34. The van der Waals surface area contributed by atoms with Crippen LogP contribution in [-0.2, 0) is 18.5 Å². The van der Waals surface area contributed by atoms with Crippen molar-refractivity contribution in [2.45, 2.75) is 24.4 Å². The molecule has 1 aliphatic rings. The van der Waals surface area contributed by atoms with Crippen LogP contribution in [0.3, 0.4) is 0 Å². The van der Waals surface area contributed by atoms with E-state index in [2.05, 4.69) is 8.93 Å². The van der Waals surface area contributed by atoms with Gasteiger partial charge in [0, 0.05) is 0 Å². The Morgan fingerprint density at radius 3 is 2.70 bits per heavy atom. The molecule has 127 valence electrons. The zero-order chi connectivity index (χ0) is 16.9. The van der Waals surface area contributed by atoms with Gasteiger partial charge in [0.05, 0.1) is 0 Å². The molecule has 0 N–H and O–H groups in total. The van der Waals surface area contributed by atoms with Crippen molar-refractivity contribution in [1.82, 2.24) is 0 Å². The monoisotopic (exact) mass is 579 g/mol. The molecule has 2 rings (SSSR count). The summed E-state index contributed by atoms with van der Waals surface area (Å²) in [5, 5.41) is 0. The molecule has 1 saturated heterocycles. The second-order valence-corrected chi connectivity index (χ2v) is 10.3. The van der Waals surface area contributed by atoms with E-state index in [-0.39, 0.29) is 15.1 Å². The van der Waals surface area contributed by atoms with E-state index < -0.39 is 51.3 Å². The van der Waals surface area contributed by atoms with Crippen molar-refractivity contribution in [1.29, 1.82) is 0 Å². The zero-order valence-electron chi connectivity index (χ0n) is 11.7. The fraction of sp³-hybridized carbons (Fsp3) is 0.417. The van der Waals surface area contributed by atoms with Gasteiger partial charge in [0.1, 0.15) is 0 Å². The standard InChI is InChI=1S/C6H10F2O5P3.C6H5.Bi/c7-6(8)4(10-2-9)3(1-11-14)12-5(6)13-16-15;1-2-4-6-5-3-1;/h3-5,16H,1,14-15H2;1-5H;/t3-,4?,5+;;/m1../s1. The maximum absolute atomic E-state index is 14.4. The van der Waals surface area contributed by atoms with Crippen molar-refractivity contribution in [3.63, 3.8) is 0 Å². The molecule has 6 atom stereocenters. The van der Waals surface area contributed by atoms with E-state index >= 15 is 0 Å². The third-order valence-corrected chi connectivity index (χ3v) is 7.20. The van der Waals surface area contributed by atoms with E-state index in [0.717, 1.165) is 3.27 Å². The van der Waals surface area contributed by atoms with Gasteiger partial charge in [0.2, 0.25) is 0 Å². The van der Waals surface area contributed by atoms with Crippen LogP contribution in [0, 0.1) is 0 Å². The van der Waals surface area contributed by atoms with Gasteiger partial charge in [-0.2, -0.15) is 0 Å². The first-order valence-electron chi connectivity index (χ1n) is 6.42. The number of rotatable bonds is 7. The van der Waals surface area contributed by atoms with Crippen LogP contribution < -0.4 is 3.27 Å². The molecule has 5 nitrogen and oxygen atoms in total. The summed E-state index contributed by atoms with van der Waals surface area (Å²) in [6.45, 7) is -0.143. The van der Waals surface area contributed by atoms with Gasteiger partial charge in [-0.25, -0.2) is 0 Å². The molecule has 4 unspecified atom stereocenters. The van der Waals surface area contributed by atoms with E-state index in [9.17, 15) is 13.6 Å². The average Bonchev–Trinajstić information content (AvgIpc) is 2.73. The quantitative estimate of drug-likeness (QED) is 0.366. The van der Waals surface area contributed by atoms with Crippen LogP contribution >= 0.6 is 26.9 Å². The van der Waals surface area contributed by atoms with E-state index in [0.29, 0.717) is 0 Å². The molecule has 11 heteroatoms. The maximum atomic E-state index is 14.4. The van der Waals surface area contributed by atoms with Gasteiger partial charge in [-0.1, -0.05) is 0 Å². The molecule has 1 aromatic carbocycles. The molecule has 0 aliphatic carbocycles. The van der Waals surface area contributed by atoms with Gasteiger partial charge < -0.3 is 0 Å². The zero-order valence-corrected chi connectivity index (χ0v) is 18.5. The molecule has 0 saturated carbocycles. The van der Waals surface area contributed by atoms with Gasteiger partial charge in [0.15, 0.2) is 0 Å². The number of ether oxygens (including phenoxy) is 2. The summed E-state index contributed by atoms with van der Waals surface area (Å²) in [6.07, 6.45) is -4.53. The molecule has 1 heterocycles. The molecule has 0 bridgehead atoms. The van der Waals surface area contributed by atoms with Crippen molar-refractivity contribution < 1.29 is 32.1 Å². The Bertz CT molecular complexity index is 525. The Hall–Kier alpha value is 0.603. The summed E-state index contributed by atoms with van der Waals surface area (Å²) >= 11 is -1.89. The van der Waals surface area contributed by atoms with E-state index in [4.69, 9.17) is 18.5 Å². The van der Waals surface area contributed by atoms with Crippen LogP contribution in [0.1, 0.15) is 0 Å². The molecule has 1 fully saturated rings. The van der Waals surface area contributed by atoms with Crippen molar-refractivity contribution in [3.8, 4) is 0 Å². The van der Waals surface area contributed by atoms with E-state index in [1.165, 1.54) is 0 Å². The molecule has 0 aromatic heterocycles. The first kappa shape index (κ1) is 19.9. The fourth-order valence-electron chi connectivity index (χ4n) is 1.99. The number of carbonyl (C=O) groups is 1. The fourth-order valence-corrected chi connectivity index (χ4v) is 5.60. The van der Waals surface area contributed by atoms with Crippen molar-refractivity contribution in [2.75, 3.05) is 6.61 Å². The normalized spacial score (nSPS) is 26.7. The molecule has 0 amide bonds. The van der Waals surface area contributed by atoms with Crippen molar-refractivity contribution in [2.24, 2.45) is 0 Å². The summed E-state index contributed by atoms with van der Waals surface area (Å²) in [7, 11) is 3.92. The third-order valence-electron chi connectivity index (χ3n) is 2.97. The Morgan fingerprint density at radius 1 is 1.39 bits per heavy atom. The predicted octanol–water partition coefficient (Wildman–Crippen LogP) is 2.09. The summed E-state index contributed by atoms with van der Waals surface area (Å²) in [5.41, 5.74) is 0. The minimum atomic E-state index is -3.43. The van der Waals surface area contributed by atoms with Gasteiger partial charge in [0.25, 0.3) is 0 Å². The number of hydrogen-bond acceptors (Lipinski definition) is 5. The van der Waals surface area contributed by atoms with Crippen molar-refractivity contribution >= 4 is 57.1 Å². The summed E-state index contributed by atoms with van der Waals surface area (Å²) < 4.78 is 48.9. The number of benzene rings is 1. The number of alkyl halides is 2. The number of hydrogen-bond donors (Lipinski definition) is 0. The summed E-state index contributed by atoms with van der Waals surface area (Å²) in [4.78, 5) is 12.1. The Labute approximate surface area is 150 Å². The van der Waals surface area contributed by atoms with Crippen LogP contribution in [0.25, 0.3) is 0 Å². The Kier molecular flexibility index (Phi) is 8.09. The summed E-state index contributed by atoms with van der Waals surface area (Å²) in [5.74, 6) is -3.43. The second-order valence-electron chi connectivity index (χ2n) is 4.50. The van der Waals surface area contributed by atoms with Crippen LogP contribution in [0.4, 0.5) is 13.6 Å². The van der Waals surface area contributed by atoms with E-state index in [1.54, 1.807) is 24.3 Å². The van der Waals surface area contributed by atoms with Gasteiger partial charge in [-0.05, 0) is 0 Å². The molecular weight excluding hydrogens is 564 g/mol. The predicted molar refractivity (Wildman–Crippen MR) is 90.5 cm³/mol. The van der Waals surface area contributed by atoms with Crippen molar-refractivity contribution in [3.05, 3.63) is 30.3 Å². The van der Waals surface area contributed by atoms with Gasteiger partial charge in [-0.3, -0.25) is 0 Å². The van der Waals surface area contributed by atoms with Crippen LogP contribution in [-0.4, -0.2) is 57.9 Å². The number of halogens is 2. The minimum absolute atomic E-state index is 0.143. The number of carbonyl (C=O) groups excluding carboxylic acids is 1. The van der Waals surface area contributed by atoms with Crippen LogP contribution in [0.15, 0.2) is 30.3 Å². The molecule has 1 aromatic rings.